The van der Waals surface area contributed by atoms with Crippen LogP contribution in [0.1, 0.15) is 33.1 Å². The monoisotopic (exact) mass is 267 g/mol. The van der Waals surface area contributed by atoms with Crippen molar-refractivity contribution in [1.82, 2.24) is 4.31 Å². The molecule has 0 aromatic rings. The Labute approximate surface area is 104 Å². The van der Waals surface area contributed by atoms with Crippen LogP contribution >= 0.6 is 11.6 Å². The molecule has 2 unspecified atom stereocenters. The van der Waals surface area contributed by atoms with E-state index in [-0.39, 0.29) is 5.75 Å². The molecule has 1 aliphatic heterocycles. The molecule has 3 nitrogen and oxygen atoms in total. The summed E-state index contributed by atoms with van der Waals surface area (Å²) in [7, 11) is -3.04. The Hall–Kier alpha value is 0.200. The molecule has 1 fully saturated rings. The quantitative estimate of drug-likeness (QED) is 0.566. The molecule has 1 aliphatic rings. The number of piperidine rings is 1. The predicted octanol–water partition coefficient (Wildman–Crippen LogP) is 2.31. The highest BCUT2D eigenvalue weighted by atomic mass is 35.5. The summed E-state index contributed by atoms with van der Waals surface area (Å²) in [5.41, 5.74) is 0. The van der Waals surface area contributed by atoms with Gasteiger partial charge in [0.15, 0.2) is 0 Å². The topological polar surface area (TPSA) is 37.4 Å². The zero-order valence-corrected chi connectivity index (χ0v) is 11.7. The first-order valence-corrected chi connectivity index (χ1v) is 8.15. The number of hydrogen-bond donors (Lipinski definition) is 0. The van der Waals surface area contributed by atoms with Gasteiger partial charge < -0.3 is 0 Å². The highest BCUT2D eigenvalue weighted by Crippen LogP contribution is 2.24. The normalized spacial score (nSPS) is 28.2. The van der Waals surface area contributed by atoms with Crippen molar-refractivity contribution in [3.8, 4) is 0 Å². The van der Waals surface area contributed by atoms with Crippen molar-refractivity contribution in [2.75, 3.05) is 24.7 Å². The highest BCUT2D eigenvalue weighted by molar-refractivity contribution is 7.89. The molecule has 1 saturated heterocycles. The number of unbranched alkanes of at least 4 members (excludes halogenated alkanes) is 1. The second kappa shape index (κ2) is 6.22. The van der Waals surface area contributed by atoms with Gasteiger partial charge in [-0.1, -0.05) is 13.8 Å². The van der Waals surface area contributed by atoms with Crippen molar-refractivity contribution in [3.05, 3.63) is 0 Å². The number of halogens is 1. The smallest absolute Gasteiger partial charge is 0.212 e. The lowest BCUT2D eigenvalue weighted by Crippen LogP contribution is -2.43. The van der Waals surface area contributed by atoms with Crippen LogP contribution in [-0.2, 0) is 10.0 Å². The van der Waals surface area contributed by atoms with Crippen molar-refractivity contribution >= 4 is 21.6 Å². The lowest BCUT2D eigenvalue weighted by molar-refractivity contribution is 0.212. The lowest BCUT2D eigenvalue weighted by Gasteiger charge is -2.34. The summed E-state index contributed by atoms with van der Waals surface area (Å²) in [4.78, 5) is 0. The van der Waals surface area contributed by atoms with Crippen LogP contribution in [0.25, 0.3) is 0 Å². The van der Waals surface area contributed by atoms with Gasteiger partial charge in [0.25, 0.3) is 0 Å². The minimum Gasteiger partial charge on any atom is -0.212 e. The molecule has 0 saturated carbocycles. The average Bonchev–Trinajstić information content (AvgIpc) is 2.22. The number of hydrogen-bond acceptors (Lipinski definition) is 2. The average molecular weight is 268 g/mol. The van der Waals surface area contributed by atoms with Crippen molar-refractivity contribution in [2.45, 2.75) is 33.1 Å². The first kappa shape index (κ1) is 14.3. The van der Waals surface area contributed by atoms with Crippen molar-refractivity contribution in [3.63, 3.8) is 0 Å². The van der Waals surface area contributed by atoms with E-state index in [0.29, 0.717) is 37.2 Å². The number of alkyl halides is 1. The molecule has 0 N–H and O–H groups in total. The van der Waals surface area contributed by atoms with Gasteiger partial charge in [-0.25, -0.2) is 12.7 Å². The number of nitrogens with zero attached hydrogens (tertiary/aromatic N) is 1. The molecular weight excluding hydrogens is 246 g/mol. The largest absolute Gasteiger partial charge is 0.214 e. The minimum atomic E-state index is -3.04. The third-order valence-corrected chi connectivity index (χ3v) is 5.67. The van der Waals surface area contributed by atoms with Crippen LogP contribution in [0.2, 0.25) is 0 Å². The molecule has 1 rings (SSSR count). The van der Waals surface area contributed by atoms with E-state index in [1.54, 1.807) is 4.31 Å². The van der Waals surface area contributed by atoms with E-state index >= 15 is 0 Å². The standard InChI is InChI=1S/C11H22ClNO2S/c1-10-5-7-13(9-11(10)2)16(14,15)8-4-3-6-12/h10-11H,3-9H2,1-2H3. The van der Waals surface area contributed by atoms with Gasteiger partial charge in [-0.2, -0.15) is 0 Å². The van der Waals surface area contributed by atoms with Gasteiger partial charge in [-0.15, -0.1) is 11.6 Å². The van der Waals surface area contributed by atoms with Gasteiger partial charge in [0.05, 0.1) is 5.75 Å². The third-order valence-electron chi connectivity index (χ3n) is 3.48. The molecule has 0 spiro atoms. The van der Waals surface area contributed by atoms with E-state index in [2.05, 4.69) is 13.8 Å². The number of rotatable bonds is 5. The summed E-state index contributed by atoms with van der Waals surface area (Å²) < 4.78 is 25.6. The van der Waals surface area contributed by atoms with Gasteiger partial charge in [-0.05, 0) is 31.1 Å². The molecule has 2 atom stereocenters. The van der Waals surface area contributed by atoms with Crippen LogP contribution in [0.4, 0.5) is 0 Å². The SMILES string of the molecule is CC1CCN(S(=O)(=O)CCCCCl)CC1C. The van der Waals surface area contributed by atoms with Crippen molar-refractivity contribution in [2.24, 2.45) is 11.8 Å². The van der Waals surface area contributed by atoms with Gasteiger partial charge in [-0.3, -0.25) is 0 Å². The molecule has 16 heavy (non-hydrogen) atoms. The lowest BCUT2D eigenvalue weighted by atomic mass is 9.90. The highest BCUT2D eigenvalue weighted by Gasteiger charge is 2.29. The van der Waals surface area contributed by atoms with Crippen molar-refractivity contribution in [1.29, 1.82) is 0 Å². The molecule has 0 bridgehead atoms. The van der Waals surface area contributed by atoms with E-state index in [0.717, 1.165) is 12.8 Å². The van der Waals surface area contributed by atoms with Crippen LogP contribution in [0, 0.1) is 11.8 Å². The van der Waals surface area contributed by atoms with Crippen molar-refractivity contribution < 1.29 is 8.42 Å². The first-order valence-electron chi connectivity index (χ1n) is 6.01. The zero-order chi connectivity index (χ0) is 12.2. The number of sulfonamides is 1. The molecular formula is C11H22ClNO2S. The van der Waals surface area contributed by atoms with Crippen LogP contribution in [0.15, 0.2) is 0 Å². The molecule has 0 amide bonds. The fourth-order valence-electron chi connectivity index (χ4n) is 1.99. The zero-order valence-electron chi connectivity index (χ0n) is 10.2. The molecule has 0 aliphatic carbocycles. The second-order valence-electron chi connectivity index (χ2n) is 4.81. The third kappa shape index (κ3) is 3.90. The molecule has 0 radical (unpaired) electrons. The molecule has 0 aromatic heterocycles. The summed E-state index contributed by atoms with van der Waals surface area (Å²) in [6.07, 6.45) is 2.43. The Bertz CT molecular complexity index is 305. The fourth-order valence-corrected chi connectivity index (χ4v) is 3.85. The van der Waals surface area contributed by atoms with Gasteiger partial charge in [0.1, 0.15) is 0 Å². The van der Waals surface area contributed by atoms with Crippen LogP contribution in [0.3, 0.4) is 0 Å². The van der Waals surface area contributed by atoms with Gasteiger partial charge >= 0.3 is 0 Å². The Morgan fingerprint density at radius 3 is 2.50 bits per heavy atom. The van der Waals surface area contributed by atoms with Gasteiger partial charge in [0, 0.05) is 19.0 Å². The van der Waals surface area contributed by atoms with Gasteiger partial charge in [0.2, 0.25) is 10.0 Å². The summed E-state index contributed by atoms with van der Waals surface area (Å²) >= 11 is 5.55. The Morgan fingerprint density at radius 1 is 1.25 bits per heavy atom. The summed E-state index contributed by atoms with van der Waals surface area (Å²) in [5, 5.41) is 0. The fraction of sp³-hybridized carbons (Fsp3) is 1.00. The van der Waals surface area contributed by atoms with Crippen LogP contribution in [-0.4, -0.2) is 37.4 Å². The van der Waals surface area contributed by atoms with Crippen LogP contribution in [0.5, 0.6) is 0 Å². The Kier molecular flexibility index (Phi) is 5.54. The maximum absolute atomic E-state index is 12.0. The first-order chi connectivity index (χ1) is 7.47. The summed E-state index contributed by atoms with van der Waals surface area (Å²) in [6.45, 7) is 5.70. The van der Waals surface area contributed by atoms with E-state index < -0.39 is 10.0 Å². The Balaban J connectivity index is 2.49. The molecule has 5 heteroatoms. The van der Waals surface area contributed by atoms with E-state index in [9.17, 15) is 8.42 Å². The second-order valence-corrected chi connectivity index (χ2v) is 7.28. The molecule has 1 heterocycles. The molecule has 96 valence electrons. The van der Waals surface area contributed by atoms with E-state index in [4.69, 9.17) is 11.6 Å². The van der Waals surface area contributed by atoms with Crippen LogP contribution < -0.4 is 0 Å². The predicted molar refractivity (Wildman–Crippen MR) is 68.3 cm³/mol. The maximum Gasteiger partial charge on any atom is 0.214 e. The van der Waals surface area contributed by atoms with E-state index in [1.165, 1.54) is 0 Å². The molecule has 0 aromatic carbocycles. The Morgan fingerprint density at radius 2 is 1.94 bits per heavy atom. The van der Waals surface area contributed by atoms with E-state index in [1.807, 2.05) is 0 Å². The maximum atomic E-state index is 12.0. The summed E-state index contributed by atoms with van der Waals surface area (Å²) in [6, 6.07) is 0. The summed E-state index contributed by atoms with van der Waals surface area (Å²) in [5.74, 6) is 1.90. The minimum absolute atomic E-state index is 0.251.